The van der Waals surface area contributed by atoms with Gasteiger partial charge in [-0.1, -0.05) is 53.7 Å². The first-order chi connectivity index (χ1) is 14.6. The van der Waals surface area contributed by atoms with Crippen molar-refractivity contribution < 1.29 is 8.42 Å². The number of fused-ring (bicyclic) bond motifs is 2. The van der Waals surface area contributed by atoms with Crippen molar-refractivity contribution in [2.24, 2.45) is 0 Å². The standard InChI is InChI=1S/C24H36N4O2S/c1-15(2)18-11-22(16(3)4)24(23(12-18)17(5)6)31(29,30)27-19-7-8-20(27)14-21(13-19)28-25-9-10-26-28/h9-12,15-17,19-21H,7-8,13-14H2,1-6H3. The van der Waals surface area contributed by atoms with Crippen molar-refractivity contribution in [3.05, 3.63) is 41.2 Å². The van der Waals surface area contributed by atoms with E-state index in [1.165, 1.54) is 5.56 Å². The molecule has 2 unspecified atom stereocenters. The molecule has 2 saturated heterocycles. The Morgan fingerprint density at radius 1 is 0.806 bits per heavy atom. The molecule has 0 amide bonds. The van der Waals surface area contributed by atoms with Crippen LogP contribution in [0.4, 0.5) is 0 Å². The third kappa shape index (κ3) is 3.95. The monoisotopic (exact) mass is 444 g/mol. The first kappa shape index (κ1) is 22.5. The largest absolute Gasteiger partial charge is 0.244 e. The zero-order valence-corrected chi connectivity index (χ0v) is 20.4. The van der Waals surface area contributed by atoms with Gasteiger partial charge in [-0.2, -0.15) is 19.3 Å². The summed E-state index contributed by atoms with van der Waals surface area (Å²) in [6, 6.07) is 4.48. The molecular weight excluding hydrogens is 408 g/mol. The van der Waals surface area contributed by atoms with E-state index in [-0.39, 0.29) is 30.0 Å². The molecule has 170 valence electrons. The lowest BCUT2D eigenvalue weighted by molar-refractivity contribution is 0.174. The van der Waals surface area contributed by atoms with Crippen molar-refractivity contribution in [2.75, 3.05) is 0 Å². The third-order valence-electron chi connectivity index (χ3n) is 7.02. The molecule has 0 radical (unpaired) electrons. The van der Waals surface area contributed by atoms with Crippen LogP contribution in [0, 0.1) is 0 Å². The molecule has 1 aromatic heterocycles. The summed E-state index contributed by atoms with van der Waals surface area (Å²) in [6.45, 7) is 12.8. The molecule has 6 nitrogen and oxygen atoms in total. The van der Waals surface area contributed by atoms with Crippen molar-refractivity contribution in [2.45, 2.75) is 108 Å². The minimum Gasteiger partial charge on any atom is -0.207 e. The van der Waals surface area contributed by atoms with Crippen LogP contribution in [0.1, 0.15) is 108 Å². The van der Waals surface area contributed by atoms with Gasteiger partial charge in [-0.05, 0) is 60.1 Å². The summed E-state index contributed by atoms with van der Waals surface area (Å²) in [5.74, 6) is 0.647. The summed E-state index contributed by atoms with van der Waals surface area (Å²) in [5.41, 5.74) is 3.15. The lowest BCUT2D eigenvalue weighted by Crippen LogP contribution is -2.47. The molecule has 2 aliphatic rings. The minimum atomic E-state index is -3.60. The molecule has 0 aliphatic carbocycles. The molecule has 1 aromatic carbocycles. The first-order valence-electron chi connectivity index (χ1n) is 11.7. The Morgan fingerprint density at radius 2 is 1.29 bits per heavy atom. The summed E-state index contributed by atoms with van der Waals surface area (Å²) < 4.78 is 30.4. The average molecular weight is 445 g/mol. The molecule has 2 fully saturated rings. The summed E-state index contributed by atoms with van der Waals surface area (Å²) >= 11 is 0. The number of rotatable bonds is 6. The zero-order valence-electron chi connectivity index (χ0n) is 19.6. The van der Waals surface area contributed by atoms with Gasteiger partial charge in [-0.15, -0.1) is 0 Å². The maximum atomic E-state index is 14.3. The highest BCUT2D eigenvalue weighted by Gasteiger charge is 2.49. The normalized spacial score (nSPS) is 24.6. The molecule has 0 spiro atoms. The summed E-state index contributed by atoms with van der Waals surface area (Å²) in [7, 11) is -3.60. The van der Waals surface area contributed by atoms with E-state index in [1.807, 2.05) is 4.31 Å². The van der Waals surface area contributed by atoms with Crippen molar-refractivity contribution in [3.63, 3.8) is 0 Å². The lowest BCUT2D eigenvalue weighted by Gasteiger charge is -2.38. The Balaban J connectivity index is 1.79. The molecule has 2 aromatic rings. The van der Waals surface area contributed by atoms with E-state index < -0.39 is 10.0 Å². The third-order valence-corrected chi connectivity index (χ3v) is 9.16. The molecule has 2 aliphatic heterocycles. The van der Waals surface area contributed by atoms with Gasteiger partial charge in [0.1, 0.15) is 0 Å². The molecule has 4 rings (SSSR count). The predicted octanol–water partition coefficient (Wildman–Crippen LogP) is 5.21. The van der Waals surface area contributed by atoms with Gasteiger partial charge in [0.2, 0.25) is 10.0 Å². The highest BCUT2D eigenvalue weighted by molar-refractivity contribution is 7.89. The fourth-order valence-corrected chi connectivity index (χ4v) is 7.96. The Bertz CT molecular complexity index is 985. The van der Waals surface area contributed by atoms with Crippen LogP contribution in [0.25, 0.3) is 0 Å². The second kappa shape index (κ2) is 8.32. The molecule has 0 N–H and O–H groups in total. The quantitative estimate of drug-likeness (QED) is 0.614. The maximum Gasteiger partial charge on any atom is 0.244 e. The van der Waals surface area contributed by atoms with Crippen LogP contribution in [0.15, 0.2) is 29.4 Å². The van der Waals surface area contributed by atoms with Gasteiger partial charge in [-0.3, -0.25) is 0 Å². The second-order valence-corrected chi connectivity index (χ2v) is 12.0. The molecule has 3 heterocycles. The highest BCUT2D eigenvalue weighted by atomic mass is 32.2. The highest BCUT2D eigenvalue weighted by Crippen LogP contribution is 2.46. The molecule has 2 bridgehead atoms. The van der Waals surface area contributed by atoms with Crippen molar-refractivity contribution >= 4 is 10.0 Å². The average Bonchev–Trinajstić information content (AvgIpc) is 3.33. The van der Waals surface area contributed by atoms with E-state index >= 15 is 0 Å². The SMILES string of the molecule is CC(C)c1cc(C(C)C)c(S(=O)(=O)N2C3CCC2CC(n2nccn2)C3)c(C(C)C)c1. The van der Waals surface area contributed by atoms with E-state index in [9.17, 15) is 8.42 Å². The Labute approximate surface area is 187 Å². The molecule has 2 atom stereocenters. The van der Waals surface area contributed by atoms with Crippen molar-refractivity contribution in [1.29, 1.82) is 0 Å². The Morgan fingerprint density at radius 3 is 1.71 bits per heavy atom. The number of hydrogen-bond acceptors (Lipinski definition) is 4. The van der Waals surface area contributed by atoms with Crippen LogP contribution in [0.2, 0.25) is 0 Å². The molecular formula is C24H36N4O2S. The van der Waals surface area contributed by atoms with Crippen LogP contribution in [-0.4, -0.2) is 39.8 Å². The number of sulfonamides is 1. The number of nitrogens with zero attached hydrogens (tertiary/aromatic N) is 4. The van der Waals surface area contributed by atoms with E-state index in [0.29, 0.717) is 10.8 Å². The van der Waals surface area contributed by atoms with Gasteiger partial charge in [0.25, 0.3) is 0 Å². The maximum absolute atomic E-state index is 14.3. The fourth-order valence-electron chi connectivity index (χ4n) is 5.39. The van der Waals surface area contributed by atoms with E-state index in [4.69, 9.17) is 0 Å². The topological polar surface area (TPSA) is 68.1 Å². The number of hydrogen-bond donors (Lipinski definition) is 0. The number of piperidine rings is 1. The minimum absolute atomic E-state index is 0.0181. The van der Waals surface area contributed by atoms with Gasteiger partial charge < -0.3 is 0 Å². The molecule has 0 saturated carbocycles. The lowest BCUT2D eigenvalue weighted by atomic mass is 9.89. The van der Waals surface area contributed by atoms with E-state index in [2.05, 4.69) is 63.9 Å². The van der Waals surface area contributed by atoms with Gasteiger partial charge in [0.05, 0.1) is 23.3 Å². The summed E-state index contributed by atoms with van der Waals surface area (Å²) in [6.07, 6.45) is 6.79. The van der Waals surface area contributed by atoms with E-state index in [1.54, 1.807) is 17.2 Å². The molecule has 7 heteroatoms. The number of benzene rings is 1. The van der Waals surface area contributed by atoms with Crippen LogP contribution in [0.3, 0.4) is 0 Å². The zero-order chi connectivity index (χ0) is 22.5. The van der Waals surface area contributed by atoms with Crippen LogP contribution < -0.4 is 0 Å². The molecule has 31 heavy (non-hydrogen) atoms. The van der Waals surface area contributed by atoms with Gasteiger partial charge >= 0.3 is 0 Å². The number of aromatic nitrogens is 3. The summed E-state index contributed by atoms with van der Waals surface area (Å²) in [5, 5.41) is 8.64. The van der Waals surface area contributed by atoms with Crippen LogP contribution >= 0.6 is 0 Å². The predicted molar refractivity (Wildman–Crippen MR) is 123 cm³/mol. The Hall–Kier alpha value is -1.73. The van der Waals surface area contributed by atoms with Crippen LogP contribution in [0.5, 0.6) is 0 Å². The van der Waals surface area contributed by atoms with Gasteiger partial charge in [0.15, 0.2) is 0 Å². The van der Waals surface area contributed by atoms with Gasteiger partial charge in [0, 0.05) is 12.1 Å². The fraction of sp³-hybridized carbons (Fsp3) is 0.667. The van der Waals surface area contributed by atoms with Crippen LogP contribution in [-0.2, 0) is 10.0 Å². The smallest absolute Gasteiger partial charge is 0.207 e. The first-order valence-corrected chi connectivity index (χ1v) is 13.1. The van der Waals surface area contributed by atoms with Crippen molar-refractivity contribution in [1.82, 2.24) is 19.3 Å². The van der Waals surface area contributed by atoms with Crippen molar-refractivity contribution in [3.8, 4) is 0 Å². The summed E-state index contributed by atoms with van der Waals surface area (Å²) in [4.78, 5) is 2.33. The second-order valence-electron chi connectivity index (χ2n) is 10.2. The Kier molecular flexibility index (Phi) is 6.03. The van der Waals surface area contributed by atoms with Gasteiger partial charge in [-0.25, -0.2) is 8.42 Å². The van der Waals surface area contributed by atoms with E-state index in [0.717, 1.165) is 36.8 Å².